The molecular formula is C27H32FN9O2. The molecule has 4 aromatic rings. The predicted molar refractivity (Wildman–Crippen MR) is 145 cm³/mol. The van der Waals surface area contributed by atoms with Crippen LogP contribution in [-0.4, -0.2) is 53.9 Å². The summed E-state index contributed by atoms with van der Waals surface area (Å²) >= 11 is 0. The van der Waals surface area contributed by atoms with E-state index in [4.69, 9.17) is 4.74 Å². The third-order valence-corrected chi connectivity index (χ3v) is 6.34. The number of aromatic nitrogens is 6. The average molecular weight is 534 g/mol. The van der Waals surface area contributed by atoms with Gasteiger partial charge in [0, 0.05) is 31.0 Å². The minimum Gasteiger partial charge on any atom is -0.444 e. The van der Waals surface area contributed by atoms with Gasteiger partial charge >= 0.3 is 6.09 Å². The molecule has 1 aliphatic carbocycles. The third kappa shape index (κ3) is 6.95. The summed E-state index contributed by atoms with van der Waals surface area (Å²) in [5.41, 5.74) is 2.09. The van der Waals surface area contributed by atoms with Crippen molar-refractivity contribution in [3.8, 4) is 11.4 Å². The Morgan fingerprint density at radius 3 is 2.64 bits per heavy atom. The number of H-pyrrole nitrogens is 1. The van der Waals surface area contributed by atoms with Crippen molar-refractivity contribution in [1.82, 2.24) is 35.5 Å². The Morgan fingerprint density at radius 2 is 1.87 bits per heavy atom. The van der Waals surface area contributed by atoms with Crippen molar-refractivity contribution in [2.75, 3.05) is 10.6 Å². The Bertz CT molecular complexity index is 1440. The van der Waals surface area contributed by atoms with Gasteiger partial charge in [0.25, 0.3) is 0 Å². The van der Waals surface area contributed by atoms with E-state index < -0.39 is 5.60 Å². The van der Waals surface area contributed by atoms with Crippen molar-refractivity contribution in [2.45, 2.75) is 70.7 Å². The van der Waals surface area contributed by atoms with Gasteiger partial charge in [-0.1, -0.05) is 12.1 Å². The van der Waals surface area contributed by atoms with Crippen LogP contribution in [-0.2, 0) is 11.3 Å². The molecule has 1 aromatic carbocycles. The van der Waals surface area contributed by atoms with Gasteiger partial charge in [-0.3, -0.25) is 5.10 Å². The molecule has 1 aliphatic rings. The zero-order valence-corrected chi connectivity index (χ0v) is 22.2. The molecular weight excluding hydrogens is 501 g/mol. The average Bonchev–Trinajstić information content (AvgIpc) is 3.31. The molecule has 39 heavy (non-hydrogen) atoms. The maximum absolute atomic E-state index is 13.4. The lowest BCUT2D eigenvalue weighted by atomic mass is 9.91. The third-order valence-electron chi connectivity index (χ3n) is 6.34. The molecule has 3 heterocycles. The number of aromatic amines is 1. The van der Waals surface area contributed by atoms with E-state index in [0.717, 1.165) is 36.6 Å². The SMILES string of the molecule is CC(C)(C)OC(=O)N[C@H]1CC[C@H](Nc2ncc3c(-c4ccnc(NCc5cccc(F)c5)n4)n[nH]c3n2)CC1. The highest BCUT2D eigenvalue weighted by atomic mass is 19.1. The van der Waals surface area contributed by atoms with Crippen LogP contribution in [0.1, 0.15) is 52.0 Å². The molecule has 5 rings (SSSR count). The number of amides is 1. The number of benzene rings is 1. The van der Waals surface area contributed by atoms with Crippen LogP contribution >= 0.6 is 0 Å². The van der Waals surface area contributed by atoms with E-state index in [1.54, 1.807) is 24.5 Å². The van der Waals surface area contributed by atoms with Gasteiger partial charge < -0.3 is 20.7 Å². The molecule has 12 heteroatoms. The summed E-state index contributed by atoms with van der Waals surface area (Å²) in [7, 11) is 0. The molecule has 204 valence electrons. The summed E-state index contributed by atoms with van der Waals surface area (Å²) in [4.78, 5) is 30.0. The fraction of sp³-hybridized carbons (Fsp3) is 0.407. The van der Waals surface area contributed by atoms with Gasteiger partial charge in [0.1, 0.15) is 17.1 Å². The number of hydrogen-bond acceptors (Lipinski definition) is 9. The first-order chi connectivity index (χ1) is 18.7. The van der Waals surface area contributed by atoms with Gasteiger partial charge in [-0.15, -0.1) is 0 Å². The number of halogens is 1. The van der Waals surface area contributed by atoms with Crippen molar-refractivity contribution < 1.29 is 13.9 Å². The van der Waals surface area contributed by atoms with Crippen LogP contribution in [0, 0.1) is 5.82 Å². The molecule has 1 saturated carbocycles. The standard InChI is InChI=1S/C27H32FN9O2/c1-27(2,3)39-26(38)33-19-9-7-18(8-10-19)32-25-31-15-20-22(36-37-23(20)35-25)21-11-12-29-24(34-21)30-14-16-5-4-6-17(28)13-16/h4-6,11-13,15,18-19H,7-10,14H2,1-3H3,(H,33,38)(H,29,30,34)(H2,31,32,35,36,37)/t18-,19-. The van der Waals surface area contributed by atoms with Gasteiger partial charge in [0.15, 0.2) is 5.65 Å². The molecule has 3 aromatic heterocycles. The van der Waals surface area contributed by atoms with E-state index in [9.17, 15) is 9.18 Å². The summed E-state index contributed by atoms with van der Waals surface area (Å²) in [5, 5.41) is 17.6. The van der Waals surface area contributed by atoms with E-state index in [2.05, 4.69) is 46.1 Å². The lowest BCUT2D eigenvalue weighted by Gasteiger charge is -2.30. The maximum Gasteiger partial charge on any atom is 0.407 e. The van der Waals surface area contributed by atoms with Gasteiger partial charge in [0.2, 0.25) is 11.9 Å². The molecule has 1 fully saturated rings. The highest BCUT2D eigenvalue weighted by Gasteiger charge is 2.25. The summed E-state index contributed by atoms with van der Waals surface area (Å²) in [6, 6.07) is 8.43. The number of hydrogen-bond donors (Lipinski definition) is 4. The second-order valence-corrected chi connectivity index (χ2v) is 10.6. The number of nitrogens with zero attached hydrogens (tertiary/aromatic N) is 5. The molecule has 0 unspecified atom stereocenters. The van der Waals surface area contributed by atoms with E-state index in [-0.39, 0.29) is 24.0 Å². The van der Waals surface area contributed by atoms with Gasteiger partial charge in [-0.25, -0.2) is 24.1 Å². The van der Waals surface area contributed by atoms with Crippen molar-refractivity contribution in [2.24, 2.45) is 0 Å². The van der Waals surface area contributed by atoms with Crippen molar-refractivity contribution in [1.29, 1.82) is 0 Å². The van der Waals surface area contributed by atoms with E-state index in [1.165, 1.54) is 12.1 Å². The fourth-order valence-electron chi connectivity index (χ4n) is 4.52. The van der Waals surface area contributed by atoms with Crippen molar-refractivity contribution >= 4 is 29.0 Å². The number of ether oxygens (including phenoxy) is 1. The molecule has 0 atom stereocenters. The Labute approximate surface area is 225 Å². The number of anilines is 2. The lowest BCUT2D eigenvalue weighted by Crippen LogP contribution is -2.42. The van der Waals surface area contributed by atoms with Crippen LogP contribution in [0.25, 0.3) is 22.4 Å². The smallest absolute Gasteiger partial charge is 0.407 e. The number of alkyl carbamates (subject to hydrolysis) is 1. The Kier molecular flexibility index (Phi) is 7.53. The molecule has 0 aliphatic heterocycles. The number of carbonyl (C=O) groups excluding carboxylic acids is 1. The van der Waals surface area contributed by atoms with E-state index in [0.29, 0.717) is 35.5 Å². The zero-order chi connectivity index (χ0) is 27.4. The van der Waals surface area contributed by atoms with E-state index >= 15 is 0 Å². The molecule has 11 nitrogen and oxygen atoms in total. The number of rotatable bonds is 7. The van der Waals surface area contributed by atoms with Crippen LogP contribution in [0.3, 0.4) is 0 Å². The second kappa shape index (κ2) is 11.2. The van der Waals surface area contributed by atoms with Crippen LogP contribution < -0.4 is 16.0 Å². The Balaban J connectivity index is 1.19. The van der Waals surface area contributed by atoms with Crippen molar-refractivity contribution in [3.05, 3.63) is 54.1 Å². The second-order valence-electron chi connectivity index (χ2n) is 10.6. The molecule has 4 N–H and O–H groups in total. The van der Waals surface area contributed by atoms with Crippen LogP contribution in [0.5, 0.6) is 0 Å². The number of nitrogens with one attached hydrogen (secondary N) is 4. The lowest BCUT2D eigenvalue weighted by molar-refractivity contribution is 0.0492. The fourth-order valence-corrected chi connectivity index (χ4v) is 4.52. The predicted octanol–water partition coefficient (Wildman–Crippen LogP) is 4.81. The number of fused-ring (bicyclic) bond motifs is 1. The summed E-state index contributed by atoms with van der Waals surface area (Å²) < 4.78 is 18.8. The van der Waals surface area contributed by atoms with Crippen LogP contribution in [0.4, 0.5) is 21.1 Å². The Morgan fingerprint density at radius 1 is 1.08 bits per heavy atom. The molecule has 0 saturated heterocycles. The van der Waals surface area contributed by atoms with Crippen LogP contribution in [0.15, 0.2) is 42.7 Å². The van der Waals surface area contributed by atoms with Gasteiger partial charge in [0.05, 0.1) is 11.1 Å². The zero-order valence-electron chi connectivity index (χ0n) is 22.2. The summed E-state index contributed by atoms with van der Waals surface area (Å²) in [5.74, 6) is 0.633. The molecule has 0 bridgehead atoms. The minimum absolute atomic E-state index is 0.0950. The van der Waals surface area contributed by atoms with E-state index in [1.807, 2.05) is 26.8 Å². The maximum atomic E-state index is 13.4. The monoisotopic (exact) mass is 533 g/mol. The largest absolute Gasteiger partial charge is 0.444 e. The molecule has 0 spiro atoms. The summed E-state index contributed by atoms with van der Waals surface area (Å²) in [6.07, 6.45) is 6.43. The quantitative estimate of drug-likeness (QED) is 0.263. The first-order valence-electron chi connectivity index (χ1n) is 13.0. The van der Waals surface area contributed by atoms with Crippen molar-refractivity contribution in [3.63, 3.8) is 0 Å². The normalized spacial score (nSPS) is 17.5. The highest BCUT2D eigenvalue weighted by molar-refractivity contribution is 5.89. The first-order valence-corrected chi connectivity index (χ1v) is 13.0. The highest BCUT2D eigenvalue weighted by Crippen LogP contribution is 2.26. The molecule has 0 radical (unpaired) electrons. The first kappa shape index (κ1) is 26.3. The summed E-state index contributed by atoms with van der Waals surface area (Å²) in [6.45, 7) is 5.95. The minimum atomic E-state index is -0.512. The Hall–Kier alpha value is -4.35. The van der Waals surface area contributed by atoms with Gasteiger partial charge in [-0.05, 0) is 70.2 Å². The topological polar surface area (TPSA) is 143 Å². The number of carbonyl (C=O) groups is 1. The van der Waals surface area contributed by atoms with Gasteiger partial charge in [-0.2, -0.15) is 10.1 Å². The molecule has 1 amide bonds. The van der Waals surface area contributed by atoms with Crippen LogP contribution in [0.2, 0.25) is 0 Å².